The summed E-state index contributed by atoms with van der Waals surface area (Å²) >= 11 is 5.93. The molecule has 1 heterocycles. The molecule has 0 radical (unpaired) electrons. The van der Waals surface area contributed by atoms with Crippen molar-refractivity contribution in [3.63, 3.8) is 0 Å². The Morgan fingerprint density at radius 2 is 2.20 bits per heavy atom. The molecule has 0 aliphatic carbocycles. The van der Waals surface area contributed by atoms with Gasteiger partial charge in [0, 0.05) is 30.5 Å². The number of aromatic nitrogens is 1. The van der Waals surface area contributed by atoms with E-state index in [1.165, 1.54) is 0 Å². The standard InChI is InChI=1S/C15H15ClN4/c16-13-4-5-15(14(18)9-13)20(8-2-6-17)11-12-3-1-7-19-10-12/h1,3-5,7,9-10H,2,8,11,18H2. The Morgan fingerprint density at radius 1 is 1.35 bits per heavy atom. The Morgan fingerprint density at radius 3 is 2.85 bits per heavy atom. The first kappa shape index (κ1) is 14.2. The molecule has 1 aromatic heterocycles. The zero-order chi connectivity index (χ0) is 14.4. The first-order valence-corrected chi connectivity index (χ1v) is 6.64. The van der Waals surface area contributed by atoms with Crippen LogP contribution in [0, 0.1) is 11.3 Å². The quantitative estimate of drug-likeness (QED) is 0.857. The van der Waals surface area contributed by atoms with Crippen LogP contribution in [0.15, 0.2) is 42.7 Å². The summed E-state index contributed by atoms with van der Waals surface area (Å²) in [4.78, 5) is 6.17. The molecule has 0 saturated carbocycles. The zero-order valence-electron chi connectivity index (χ0n) is 11.0. The fourth-order valence-electron chi connectivity index (χ4n) is 2.00. The van der Waals surface area contributed by atoms with Crippen LogP contribution in [0.2, 0.25) is 5.02 Å². The normalized spacial score (nSPS) is 10.0. The Kier molecular flexibility index (Phi) is 4.80. The maximum absolute atomic E-state index is 8.80. The van der Waals surface area contributed by atoms with Crippen LogP contribution < -0.4 is 10.6 Å². The van der Waals surface area contributed by atoms with E-state index in [0.29, 0.717) is 30.2 Å². The van der Waals surface area contributed by atoms with E-state index in [1.807, 2.05) is 24.4 Å². The topological polar surface area (TPSA) is 65.9 Å². The lowest BCUT2D eigenvalue weighted by molar-refractivity contribution is 0.796. The Hall–Kier alpha value is -2.25. The van der Waals surface area contributed by atoms with E-state index in [2.05, 4.69) is 16.0 Å². The van der Waals surface area contributed by atoms with Crippen molar-refractivity contribution in [2.24, 2.45) is 0 Å². The number of hydrogen-bond acceptors (Lipinski definition) is 4. The van der Waals surface area contributed by atoms with Gasteiger partial charge < -0.3 is 10.6 Å². The van der Waals surface area contributed by atoms with Gasteiger partial charge in [-0.2, -0.15) is 5.26 Å². The first-order chi connectivity index (χ1) is 9.70. The highest BCUT2D eigenvalue weighted by Gasteiger charge is 2.11. The van der Waals surface area contributed by atoms with E-state index < -0.39 is 0 Å². The summed E-state index contributed by atoms with van der Waals surface area (Å²) in [6.07, 6.45) is 3.98. The molecule has 0 aliphatic rings. The maximum Gasteiger partial charge on any atom is 0.0640 e. The van der Waals surface area contributed by atoms with Gasteiger partial charge in [0.05, 0.1) is 23.9 Å². The minimum atomic E-state index is 0.433. The van der Waals surface area contributed by atoms with Gasteiger partial charge in [-0.05, 0) is 29.8 Å². The second-order valence-corrected chi connectivity index (χ2v) is 4.83. The highest BCUT2D eigenvalue weighted by atomic mass is 35.5. The number of nitrogen functional groups attached to an aromatic ring is 1. The molecule has 0 amide bonds. The van der Waals surface area contributed by atoms with Crippen molar-refractivity contribution in [1.29, 1.82) is 5.26 Å². The Balaban J connectivity index is 2.25. The highest BCUT2D eigenvalue weighted by Crippen LogP contribution is 2.27. The highest BCUT2D eigenvalue weighted by molar-refractivity contribution is 6.31. The number of pyridine rings is 1. The fourth-order valence-corrected chi connectivity index (χ4v) is 2.18. The number of nitrogens with zero attached hydrogens (tertiary/aromatic N) is 3. The number of nitriles is 1. The van der Waals surface area contributed by atoms with E-state index in [1.54, 1.807) is 18.3 Å². The molecule has 0 bridgehead atoms. The van der Waals surface area contributed by atoms with Crippen molar-refractivity contribution < 1.29 is 0 Å². The summed E-state index contributed by atoms with van der Waals surface area (Å²) in [5, 5.41) is 9.40. The third-order valence-corrected chi connectivity index (χ3v) is 3.16. The van der Waals surface area contributed by atoms with E-state index in [-0.39, 0.29) is 0 Å². The minimum Gasteiger partial charge on any atom is -0.397 e. The lowest BCUT2D eigenvalue weighted by atomic mass is 10.2. The maximum atomic E-state index is 8.80. The average molecular weight is 287 g/mol. The number of benzene rings is 1. The van der Waals surface area contributed by atoms with Gasteiger partial charge in [0.25, 0.3) is 0 Å². The van der Waals surface area contributed by atoms with Crippen LogP contribution in [-0.4, -0.2) is 11.5 Å². The molecule has 4 nitrogen and oxygen atoms in total. The van der Waals surface area contributed by atoms with Crippen LogP contribution in [0.3, 0.4) is 0 Å². The summed E-state index contributed by atoms with van der Waals surface area (Å²) < 4.78 is 0. The molecule has 0 atom stereocenters. The molecule has 20 heavy (non-hydrogen) atoms. The van der Waals surface area contributed by atoms with Gasteiger partial charge in [0.2, 0.25) is 0 Å². The summed E-state index contributed by atoms with van der Waals surface area (Å²) in [6.45, 7) is 1.26. The van der Waals surface area contributed by atoms with E-state index in [9.17, 15) is 0 Å². The number of rotatable bonds is 5. The van der Waals surface area contributed by atoms with Gasteiger partial charge in [-0.15, -0.1) is 0 Å². The van der Waals surface area contributed by atoms with E-state index >= 15 is 0 Å². The number of hydrogen-bond donors (Lipinski definition) is 1. The molecule has 1 aromatic carbocycles. The Labute approximate surface area is 123 Å². The predicted molar refractivity (Wildman–Crippen MR) is 81.4 cm³/mol. The van der Waals surface area contributed by atoms with Gasteiger partial charge in [-0.3, -0.25) is 4.98 Å². The van der Waals surface area contributed by atoms with Crippen LogP contribution in [0.5, 0.6) is 0 Å². The summed E-state index contributed by atoms with van der Waals surface area (Å²) in [6, 6.07) is 11.5. The second kappa shape index (κ2) is 6.78. The predicted octanol–water partition coefficient (Wildman–Crippen LogP) is 3.24. The van der Waals surface area contributed by atoms with Gasteiger partial charge in [-0.25, -0.2) is 0 Å². The third kappa shape index (κ3) is 3.62. The zero-order valence-corrected chi connectivity index (χ0v) is 11.7. The van der Waals surface area contributed by atoms with Crippen molar-refractivity contribution in [2.75, 3.05) is 17.2 Å². The summed E-state index contributed by atoms with van der Waals surface area (Å²) in [5.74, 6) is 0. The molecular formula is C15H15ClN4. The Bertz CT molecular complexity index is 607. The van der Waals surface area contributed by atoms with Gasteiger partial charge >= 0.3 is 0 Å². The van der Waals surface area contributed by atoms with Crippen molar-refractivity contribution in [3.8, 4) is 6.07 Å². The molecule has 5 heteroatoms. The van der Waals surface area contributed by atoms with Gasteiger partial charge in [0.1, 0.15) is 0 Å². The largest absolute Gasteiger partial charge is 0.397 e. The molecule has 102 valence electrons. The fraction of sp³-hybridized carbons (Fsp3) is 0.200. The molecule has 0 saturated heterocycles. The second-order valence-electron chi connectivity index (χ2n) is 4.39. The molecule has 0 aliphatic heterocycles. The molecular weight excluding hydrogens is 272 g/mol. The summed E-state index contributed by atoms with van der Waals surface area (Å²) in [5.41, 5.74) is 8.59. The minimum absolute atomic E-state index is 0.433. The number of halogens is 1. The summed E-state index contributed by atoms with van der Waals surface area (Å²) in [7, 11) is 0. The number of anilines is 2. The average Bonchev–Trinajstić information content (AvgIpc) is 2.45. The molecule has 2 rings (SSSR count). The number of nitrogens with two attached hydrogens (primary N) is 1. The molecule has 2 N–H and O–H groups in total. The van der Waals surface area contributed by atoms with Crippen molar-refractivity contribution >= 4 is 23.0 Å². The lowest BCUT2D eigenvalue weighted by Crippen LogP contribution is -2.24. The van der Waals surface area contributed by atoms with Crippen molar-refractivity contribution in [3.05, 3.63) is 53.3 Å². The SMILES string of the molecule is N#CCCN(Cc1cccnc1)c1ccc(Cl)cc1N. The van der Waals surface area contributed by atoms with E-state index in [0.717, 1.165) is 11.3 Å². The van der Waals surface area contributed by atoms with Gasteiger partial charge in [-0.1, -0.05) is 17.7 Å². The first-order valence-electron chi connectivity index (χ1n) is 6.26. The van der Waals surface area contributed by atoms with Crippen LogP contribution in [0.4, 0.5) is 11.4 Å². The lowest BCUT2D eigenvalue weighted by Gasteiger charge is -2.25. The third-order valence-electron chi connectivity index (χ3n) is 2.92. The molecule has 0 spiro atoms. The monoisotopic (exact) mass is 286 g/mol. The van der Waals surface area contributed by atoms with Crippen molar-refractivity contribution in [2.45, 2.75) is 13.0 Å². The van der Waals surface area contributed by atoms with Crippen LogP contribution >= 0.6 is 11.6 Å². The molecule has 0 unspecified atom stereocenters. The van der Waals surface area contributed by atoms with E-state index in [4.69, 9.17) is 22.6 Å². The van der Waals surface area contributed by atoms with Crippen LogP contribution in [-0.2, 0) is 6.54 Å². The molecule has 2 aromatic rings. The van der Waals surface area contributed by atoms with Gasteiger partial charge in [0.15, 0.2) is 0 Å². The van der Waals surface area contributed by atoms with Crippen LogP contribution in [0.1, 0.15) is 12.0 Å². The molecule has 0 fully saturated rings. The smallest absolute Gasteiger partial charge is 0.0640 e. The van der Waals surface area contributed by atoms with Crippen molar-refractivity contribution in [1.82, 2.24) is 4.98 Å². The van der Waals surface area contributed by atoms with Crippen LogP contribution in [0.25, 0.3) is 0 Å².